The highest BCUT2D eigenvalue weighted by molar-refractivity contribution is 6.19. The third kappa shape index (κ3) is 5.20. The molecule has 6 nitrogen and oxygen atoms in total. The van der Waals surface area contributed by atoms with Crippen molar-refractivity contribution in [2.24, 2.45) is 0 Å². The lowest BCUT2D eigenvalue weighted by molar-refractivity contribution is 0.619. The summed E-state index contributed by atoms with van der Waals surface area (Å²) in [6, 6.07) is 62.5. The molecule has 58 heavy (non-hydrogen) atoms. The van der Waals surface area contributed by atoms with Crippen molar-refractivity contribution in [2.45, 2.75) is 0 Å². The normalized spacial score (nSPS) is 11.8. The molecule has 0 atom stereocenters. The second-order valence-electron chi connectivity index (χ2n) is 14.6. The summed E-state index contributed by atoms with van der Waals surface area (Å²) in [4.78, 5) is 20.6. The van der Waals surface area contributed by atoms with Gasteiger partial charge in [-0.25, -0.2) is 19.9 Å². The summed E-state index contributed by atoms with van der Waals surface area (Å²) in [7, 11) is 0. The van der Waals surface area contributed by atoms with Crippen LogP contribution in [0.1, 0.15) is 0 Å². The standard InChI is InChI=1S/C52H30N4O2/c1-3-12-31(13-4-1)38-24-25-42(40-20-10-9-19-39(38)40)51-55-49(54-50(56-51)41-21-11-17-32-14-7-8-18-37(32)41)35-23-22-34-29-43-46(30-36(34)28-35)57-44-26-27-45-48(47(43)44)53-52(58-45)33-15-5-2-6-16-33/h1-30H. The maximum atomic E-state index is 6.48. The van der Waals surface area contributed by atoms with Gasteiger partial charge in [-0.3, -0.25) is 0 Å². The fourth-order valence-electron chi connectivity index (χ4n) is 8.37. The summed E-state index contributed by atoms with van der Waals surface area (Å²) in [6.45, 7) is 0. The molecule has 9 aromatic carbocycles. The van der Waals surface area contributed by atoms with Gasteiger partial charge in [0.25, 0.3) is 0 Å². The Labute approximate surface area is 331 Å². The van der Waals surface area contributed by atoms with Gasteiger partial charge in [0.05, 0.1) is 5.39 Å². The Morgan fingerprint density at radius 2 is 0.948 bits per heavy atom. The fourth-order valence-corrected chi connectivity index (χ4v) is 8.37. The van der Waals surface area contributed by atoms with Crippen LogP contribution in [0.25, 0.3) is 122 Å². The Morgan fingerprint density at radius 3 is 1.76 bits per heavy atom. The van der Waals surface area contributed by atoms with Crippen molar-refractivity contribution < 1.29 is 8.83 Å². The summed E-state index contributed by atoms with van der Waals surface area (Å²) in [5.41, 5.74) is 9.07. The van der Waals surface area contributed by atoms with E-state index in [0.717, 1.165) is 98.7 Å². The minimum Gasteiger partial charge on any atom is -0.456 e. The fraction of sp³-hybridized carbons (Fsp3) is 0. The molecule has 0 spiro atoms. The highest BCUT2D eigenvalue weighted by Crippen LogP contribution is 2.40. The number of aromatic nitrogens is 4. The number of hydrogen-bond donors (Lipinski definition) is 0. The zero-order valence-electron chi connectivity index (χ0n) is 30.9. The molecule has 0 saturated heterocycles. The minimum absolute atomic E-state index is 0.586. The first-order valence-electron chi connectivity index (χ1n) is 19.3. The first-order chi connectivity index (χ1) is 28.7. The molecule has 270 valence electrons. The van der Waals surface area contributed by atoms with Crippen molar-refractivity contribution in [1.82, 2.24) is 19.9 Å². The molecule has 0 bridgehead atoms. The van der Waals surface area contributed by atoms with E-state index in [2.05, 4.69) is 133 Å². The van der Waals surface area contributed by atoms with Gasteiger partial charge in [-0.2, -0.15) is 0 Å². The van der Waals surface area contributed by atoms with Crippen LogP contribution in [0, 0.1) is 0 Å². The molecule has 6 heteroatoms. The van der Waals surface area contributed by atoms with E-state index in [4.69, 9.17) is 28.8 Å². The Morgan fingerprint density at radius 1 is 0.310 bits per heavy atom. The smallest absolute Gasteiger partial charge is 0.227 e. The lowest BCUT2D eigenvalue weighted by Gasteiger charge is -2.14. The Kier molecular flexibility index (Phi) is 7.13. The van der Waals surface area contributed by atoms with E-state index in [1.807, 2.05) is 48.5 Å². The summed E-state index contributed by atoms with van der Waals surface area (Å²) < 4.78 is 12.7. The van der Waals surface area contributed by atoms with Gasteiger partial charge in [0, 0.05) is 27.6 Å². The van der Waals surface area contributed by atoms with Crippen LogP contribution in [0.15, 0.2) is 191 Å². The van der Waals surface area contributed by atoms with Gasteiger partial charge >= 0.3 is 0 Å². The van der Waals surface area contributed by atoms with Crippen molar-refractivity contribution in [1.29, 1.82) is 0 Å². The number of furan rings is 1. The van der Waals surface area contributed by atoms with Gasteiger partial charge in [0.15, 0.2) is 23.1 Å². The number of hydrogen-bond acceptors (Lipinski definition) is 6. The third-order valence-electron chi connectivity index (χ3n) is 11.1. The van der Waals surface area contributed by atoms with E-state index in [0.29, 0.717) is 23.4 Å². The number of nitrogens with zero attached hydrogens (tertiary/aromatic N) is 4. The molecule has 0 aliphatic rings. The first-order valence-corrected chi connectivity index (χ1v) is 19.3. The average Bonchev–Trinajstić information content (AvgIpc) is 3.89. The first kappa shape index (κ1) is 32.3. The van der Waals surface area contributed by atoms with Gasteiger partial charge in [-0.1, -0.05) is 133 Å². The average molecular weight is 743 g/mol. The van der Waals surface area contributed by atoms with Crippen LogP contribution >= 0.6 is 0 Å². The number of benzene rings is 9. The zero-order chi connectivity index (χ0) is 38.2. The van der Waals surface area contributed by atoms with Crippen LogP contribution in [0.5, 0.6) is 0 Å². The van der Waals surface area contributed by atoms with E-state index in [9.17, 15) is 0 Å². The lowest BCUT2D eigenvalue weighted by Crippen LogP contribution is -2.01. The number of rotatable bonds is 5. The minimum atomic E-state index is 0.586. The summed E-state index contributed by atoms with van der Waals surface area (Å²) in [5.74, 6) is 2.41. The van der Waals surface area contributed by atoms with E-state index >= 15 is 0 Å². The summed E-state index contributed by atoms with van der Waals surface area (Å²) in [6.07, 6.45) is 0. The van der Waals surface area contributed by atoms with Crippen molar-refractivity contribution in [3.8, 4) is 56.7 Å². The molecule has 0 unspecified atom stereocenters. The molecule has 0 amide bonds. The molecule has 3 heterocycles. The van der Waals surface area contributed by atoms with Crippen LogP contribution in [0.2, 0.25) is 0 Å². The zero-order valence-corrected chi connectivity index (χ0v) is 30.9. The van der Waals surface area contributed by atoms with E-state index < -0.39 is 0 Å². The molecule has 0 radical (unpaired) electrons. The second kappa shape index (κ2) is 12.8. The highest BCUT2D eigenvalue weighted by Gasteiger charge is 2.20. The largest absolute Gasteiger partial charge is 0.456 e. The number of fused-ring (bicyclic) bond motifs is 8. The van der Waals surface area contributed by atoms with Gasteiger partial charge < -0.3 is 8.83 Å². The second-order valence-corrected chi connectivity index (χ2v) is 14.6. The van der Waals surface area contributed by atoms with E-state index in [-0.39, 0.29) is 0 Å². The summed E-state index contributed by atoms with van der Waals surface area (Å²) in [5, 5.41) is 8.43. The van der Waals surface area contributed by atoms with Crippen molar-refractivity contribution in [3.05, 3.63) is 182 Å². The van der Waals surface area contributed by atoms with Crippen LogP contribution in [0.3, 0.4) is 0 Å². The van der Waals surface area contributed by atoms with Crippen LogP contribution in [-0.4, -0.2) is 19.9 Å². The quantitative estimate of drug-likeness (QED) is 0.175. The van der Waals surface area contributed by atoms with Crippen molar-refractivity contribution in [2.75, 3.05) is 0 Å². The molecular weight excluding hydrogens is 713 g/mol. The van der Waals surface area contributed by atoms with Crippen LogP contribution < -0.4 is 0 Å². The Balaban J connectivity index is 1.04. The van der Waals surface area contributed by atoms with Gasteiger partial charge in [0.1, 0.15) is 16.7 Å². The molecule has 0 fully saturated rings. The molecular formula is C52H30N4O2. The Hall–Kier alpha value is -7.96. The molecule has 12 aromatic rings. The predicted octanol–water partition coefficient (Wildman–Crippen LogP) is 13.7. The molecule has 0 N–H and O–H groups in total. The molecule has 12 rings (SSSR count). The lowest BCUT2D eigenvalue weighted by atomic mass is 9.94. The molecule has 3 aromatic heterocycles. The van der Waals surface area contributed by atoms with Gasteiger partial charge in [-0.15, -0.1) is 0 Å². The maximum absolute atomic E-state index is 6.48. The van der Waals surface area contributed by atoms with Crippen LogP contribution in [-0.2, 0) is 0 Å². The van der Waals surface area contributed by atoms with Crippen molar-refractivity contribution >= 4 is 65.4 Å². The third-order valence-corrected chi connectivity index (χ3v) is 11.1. The predicted molar refractivity (Wildman–Crippen MR) is 234 cm³/mol. The van der Waals surface area contributed by atoms with Gasteiger partial charge in [-0.05, 0) is 92.0 Å². The Bertz CT molecular complexity index is 3570. The monoisotopic (exact) mass is 742 g/mol. The molecule has 0 saturated carbocycles. The molecule has 0 aliphatic heterocycles. The van der Waals surface area contributed by atoms with Crippen LogP contribution in [0.4, 0.5) is 0 Å². The van der Waals surface area contributed by atoms with E-state index in [1.165, 1.54) is 0 Å². The molecule has 0 aliphatic carbocycles. The topological polar surface area (TPSA) is 77.8 Å². The SMILES string of the molecule is c1ccc(-c2nc3c(ccc4oc5cc6cc(-c7nc(-c8cccc9ccccc89)nc(-c8ccc(-c9ccccc9)c9ccccc89)n7)ccc6cc5c43)o2)cc1. The van der Waals surface area contributed by atoms with E-state index in [1.54, 1.807) is 0 Å². The highest BCUT2D eigenvalue weighted by atomic mass is 16.4. The number of oxazole rings is 1. The van der Waals surface area contributed by atoms with Gasteiger partial charge in [0.2, 0.25) is 5.89 Å². The summed E-state index contributed by atoms with van der Waals surface area (Å²) >= 11 is 0. The van der Waals surface area contributed by atoms with Crippen molar-refractivity contribution in [3.63, 3.8) is 0 Å². The maximum Gasteiger partial charge on any atom is 0.227 e.